The molecule has 1 aliphatic heterocycles. The van der Waals surface area contributed by atoms with Gasteiger partial charge in [0.05, 0.1) is 25.8 Å². The normalized spacial score (nSPS) is 17.0. The molecule has 1 unspecified atom stereocenters. The van der Waals surface area contributed by atoms with Crippen molar-refractivity contribution in [3.8, 4) is 0 Å². The highest BCUT2D eigenvalue weighted by Gasteiger charge is 2.26. The number of amides is 1. The molecule has 26 heavy (non-hydrogen) atoms. The van der Waals surface area contributed by atoms with Gasteiger partial charge < -0.3 is 14.4 Å². The van der Waals surface area contributed by atoms with Gasteiger partial charge in [-0.25, -0.2) is 4.79 Å². The maximum atomic E-state index is 12.8. The minimum absolute atomic E-state index is 0.122. The van der Waals surface area contributed by atoms with Gasteiger partial charge in [-0.05, 0) is 48.0 Å². The van der Waals surface area contributed by atoms with Crippen molar-refractivity contribution in [2.75, 3.05) is 26.8 Å². The lowest BCUT2D eigenvalue weighted by molar-refractivity contribution is -0.0228. The Bertz CT molecular complexity index is 803. The highest BCUT2D eigenvalue weighted by atomic mass is 35.5. The first kappa shape index (κ1) is 18.7. The van der Waals surface area contributed by atoms with E-state index in [2.05, 4.69) is 4.74 Å². The van der Waals surface area contributed by atoms with E-state index in [4.69, 9.17) is 27.9 Å². The van der Waals surface area contributed by atoms with Crippen LogP contribution in [-0.4, -0.2) is 43.6 Å². The van der Waals surface area contributed by atoms with Crippen LogP contribution in [0.1, 0.15) is 32.4 Å². The Balaban J connectivity index is 1.74. The molecule has 1 fully saturated rings. The van der Waals surface area contributed by atoms with Gasteiger partial charge in [0.15, 0.2) is 0 Å². The fraction of sp³-hybridized carbons (Fsp3) is 0.263. The lowest BCUT2D eigenvalue weighted by atomic mass is 10.1. The predicted molar refractivity (Wildman–Crippen MR) is 98.8 cm³/mol. The number of benzene rings is 2. The van der Waals surface area contributed by atoms with Gasteiger partial charge in [0.1, 0.15) is 6.10 Å². The molecule has 1 atom stereocenters. The fourth-order valence-corrected chi connectivity index (χ4v) is 3.39. The first-order valence-corrected chi connectivity index (χ1v) is 8.79. The van der Waals surface area contributed by atoms with Crippen molar-refractivity contribution in [1.82, 2.24) is 4.90 Å². The van der Waals surface area contributed by atoms with Crippen molar-refractivity contribution >= 4 is 35.1 Å². The smallest absolute Gasteiger partial charge is 0.337 e. The van der Waals surface area contributed by atoms with E-state index in [0.29, 0.717) is 40.9 Å². The number of hydrogen-bond acceptors (Lipinski definition) is 4. The molecule has 7 heteroatoms. The monoisotopic (exact) mass is 393 g/mol. The third-order valence-corrected chi connectivity index (χ3v) is 4.60. The standard InChI is InChI=1S/C19H17Cl2NO4/c1-25-19(24)13-4-2-12(3-5-13)18(23)22-6-7-26-17(11-22)14-8-15(20)10-16(21)9-14/h2-5,8-10,17H,6-7,11H2,1H3. The van der Waals surface area contributed by atoms with E-state index in [1.165, 1.54) is 7.11 Å². The lowest BCUT2D eigenvalue weighted by Crippen LogP contribution is -2.42. The molecule has 1 aliphatic rings. The highest BCUT2D eigenvalue weighted by Crippen LogP contribution is 2.28. The molecule has 3 rings (SSSR count). The largest absolute Gasteiger partial charge is 0.465 e. The summed E-state index contributed by atoms with van der Waals surface area (Å²) in [4.78, 5) is 26.0. The Hall–Kier alpha value is -2.08. The summed E-state index contributed by atoms with van der Waals surface area (Å²) in [6.45, 7) is 1.30. The number of rotatable bonds is 3. The molecule has 5 nitrogen and oxygen atoms in total. The maximum Gasteiger partial charge on any atom is 0.337 e. The van der Waals surface area contributed by atoms with E-state index in [9.17, 15) is 9.59 Å². The van der Waals surface area contributed by atoms with Gasteiger partial charge in [0.25, 0.3) is 5.91 Å². The zero-order valence-electron chi connectivity index (χ0n) is 14.1. The lowest BCUT2D eigenvalue weighted by Gasteiger charge is -2.33. The molecule has 1 saturated heterocycles. The van der Waals surface area contributed by atoms with Crippen LogP contribution in [0.25, 0.3) is 0 Å². The number of carbonyl (C=O) groups is 2. The van der Waals surface area contributed by atoms with Gasteiger partial charge in [-0.15, -0.1) is 0 Å². The summed E-state index contributed by atoms with van der Waals surface area (Å²) in [6.07, 6.45) is -0.293. The molecule has 0 spiro atoms. The number of halogens is 2. The summed E-state index contributed by atoms with van der Waals surface area (Å²) in [6, 6.07) is 11.6. The highest BCUT2D eigenvalue weighted by molar-refractivity contribution is 6.34. The molecule has 0 aliphatic carbocycles. The first-order valence-electron chi connectivity index (χ1n) is 8.03. The summed E-state index contributed by atoms with van der Waals surface area (Å²) in [7, 11) is 1.32. The van der Waals surface area contributed by atoms with Crippen LogP contribution in [0.15, 0.2) is 42.5 Å². The molecule has 1 heterocycles. The zero-order valence-corrected chi connectivity index (χ0v) is 15.6. The van der Waals surface area contributed by atoms with Crippen LogP contribution in [0.2, 0.25) is 10.0 Å². The Morgan fingerprint density at radius 1 is 1.08 bits per heavy atom. The van der Waals surface area contributed by atoms with Crippen LogP contribution < -0.4 is 0 Å². The first-order chi connectivity index (χ1) is 12.5. The number of carbonyl (C=O) groups excluding carboxylic acids is 2. The molecule has 2 aromatic rings. The predicted octanol–water partition coefficient (Wildman–Crippen LogP) is 3.99. The van der Waals surface area contributed by atoms with E-state index in [1.54, 1.807) is 47.4 Å². The van der Waals surface area contributed by atoms with Gasteiger partial charge in [-0.3, -0.25) is 4.79 Å². The summed E-state index contributed by atoms with van der Waals surface area (Å²) < 4.78 is 10.4. The van der Waals surface area contributed by atoms with E-state index >= 15 is 0 Å². The van der Waals surface area contributed by atoms with Crippen LogP contribution >= 0.6 is 23.2 Å². The average Bonchev–Trinajstić information content (AvgIpc) is 2.66. The molecule has 2 aromatic carbocycles. The van der Waals surface area contributed by atoms with Crippen LogP contribution in [0.5, 0.6) is 0 Å². The summed E-state index contributed by atoms with van der Waals surface area (Å²) >= 11 is 12.1. The molecule has 0 aromatic heterocycles. The molecular weight excluding hydrogens is 377 g/mol. The Morgan fingerprint density at radius 3 is 2.31 bits per heavy atom. The van der Waals surface area contributed by atoms with Crippen molar-refractivity contribution < 1.29 is 19.1 Å². The molecule has 0 N–H and O–H groups in total. The fourth-order valence-electron chi connectivity index (χ4n) is 2.85. The van der Waals surface area contributed by atoms with Crippen LogP contribution in [0, 0.1) is 0 Å². The van der Waals surface area contributed by atoms with Gasteiger partial charge in [0.2, 0.25) is 0 Å². The van der Waals surface area contributed by atoms with Crippen molar-refractivity contribution in [1.29, 1.82) is 0 Å². The van der Waals surface area contributed by atoms with Crippen molar-refractivity contribution in [3.63, 3.8) is 0 Å². The molecule has 136 valence electrons. The Morgan fingerprint density at radius 2 is 1.69 bits per heavy atom. The molecule has 0 bridgehead atoms. The zero-order chi connectivity index (χ0) is 18.7. The third kappa shape index (κ3) is 4.18. The molecule has 0 saturated carbocycles. The third-order valence-electron chi connectivity index (χ3n) is 4.16. The Kier molecular flexibility index (Phi) is 5.81. The minimum atomic E-state index is -0.437. The second-order valence-electron chi connectivity index (χ2n) is 5.88. The van der Waals surface area contributed by atoms with Crippen molar-refractivity contribution in [3.05, 3.63) is 69.2 Å². The van der Waals surface area contributed by atoms with Crippen molar-refractivity contribution in [2.45, 2.75) is 6.10 Å². The molecule has 0 radical (unpaired) electrons. The second kappa shape index (κ2) is 8.08. The second-order valence-corrected chi connectivity index (χ2v) is 6.76. The van der Waals surface area contributed by atoms with Crippen LogP contribution in [-0.2, 0) is 9.47 Å². The SMILES string of the molecule is COC(=O)c1ccc(C(=O)N2CCOC(c3cc(Cl)cc(Cl)c3)C2)cc1. The van der Waals surface area contributed by atoms with Gasteiger partial charge in [0, 0.05) is 22.2 Å². The maximum absolute atomic E-state index is 12.8. The van der Waals surface area contributed by atoms with Crippen LogP contribution in [0.3, 0.4) is 0 Å². The van der Waals surface area contributed by atoms with E-state index in [0.717, 1.165) is 5.56 Å². The summed E-state index contributed by atoms with van der Waals surface area (Å²) in [5.74, 6) is -0.559. The topological polar surface area (TPSA) is 55.8 Å². The quantitative estimate of drug-likeness (QED) is 0.739. The number of morpholine rings is 1. The van der Waals surface area contributed by atoms with Gasteiger partial charge in [-0.1, -0.05) is 23.2 Å². The number of methoxy groups -OCH3 is 1. The summed E-state index contributed by atoms with van der Waals surface area (Å²) in [5.41, 5.74) is 1.74. The van der Waals surface area contributed by atoms with E-state index < -0.39 is 5.97 Å². The molecule has 1 amide bonds. The number of ether oxygens (including phenoxy) is 2. The van der Waals surface area contributed by atoms with Crippen LogP contribution in [0.4, 0.5) is 0 Å². The average molecular weight is 394 g/mol. The number of nitrogens with zero attached hydrogens (tertiary/aromatic N) is 1. The minimum Gasteiger partial charge on any atom is -0.465 e. The summed E-state index contributed by atoms with van der Waals surface area (Å²) in [5, 5.41) is 1.05. The number of hydrogen-bond donors (Lipinski definition) is 0. The van der Waals surface area contributed by atoms with Gasteiger partial charge in [-0.2, -0.15) is 0 Å². The Labute approximate surface area is 161 Å². The number of esters is 1. The van der Waals surface area contributed by atoms with Gasteiger partial charge >= 0.3 is 5.97 Å². The van der Waals surface area contributed by atoms with E-state index in [-0.39, 0.29) is 12.0 Å². The van der Waals surface area contributed by atoms with Crippen molar-refractivity contribution in [2.24, 2.45) is 0 Å². The van der Waals surface area contributed by atoms with E-state index in [1.807, 2.05) is 0 Å². The molecular formula is C19H17Cl2NO4.